The van der Waals surface area contributed by atoms with E-state index < -0.39 is 53.8 Å². The van der Waals surface area contributed by atoms with Gasteiger partial charge in [0.25, 0.3) is 0 Å². The number of H-pyrrole nitrogens is 1. The van der Waals surface area contributed by atoms with Gasteiger partial charge in [-0.15, -0.1) is 0 Å². The second-order valence-electron chi connectivity index (χ2n) is 11.0. The van der Waals surface area contributed by atoms with Crippen LogP contribution in [0.25, 0.3) is 10.9 Å². The average Bonchev–Trinajstić information content (AvgIpc) is 3.39. The van der Waals surface area contributed by atoms with Crippen molar-refractivity contribution in [1.82, 2.24) is 20.9 Å². The van der Waals surface area contributed by atoms with Crippen LogP contribution >= 0.6 is 0 Å². The number of aliphatic imine (C=N–C) groups is 1. The van der Waals surface area contributed by atoms with E-state index in [1.165, 1.54) is 0 Å². The zero-order chi connectivity index (χ0) is 32.2. The van der Waals surface area contributed by atoms with Gasteiger partial charge in [-0.05, 0) is 42.4 Å². The van der Waals surface area contributed by atoms with Gasteiger partial charge in [-0.3, -0.25) is 19.4 Å². The highest BCUT2D eigenvalue weighted by Gasteiger charge is 2.32. The highest BCUT2D eigenvalue weighted by molar-refractivity contribution is 5.95. The lowest BCUT2D eigenvalue weighted by Crippen LogP contribution is -2.58. The fourth-order valence-electron chi connectivity index (χ4n) is 4.78. The molecule has 0 aliphatic heterocycles. The third-order valence-electron chi connectivity index (χ3n) is 7.18. The Morgan fingerprint density at radius 3 is 2.16 bits per heavy atom. The Bertz CT molecular complexity index is 1450. The van der Waals surface area contributed by atoms with Crippen molar-refractivity contribution >= 4 is 40.6 Å². The molecule has 1 aromatic heterocycles. The standard InChI is InChI=1S/C31H42N8O5/c1-18(2)26(30(43)44)39-29(42)25(16-20-17-36-23-12-7-6-11-21(20)23)38-28(41)24(13-8-14-35-31(33)34)37-27(40)22(32)15-19-9-4-3-5-10-19/h3-7,9-12,17-18,22,24-26,36H,8,13-16,32H2,1-2H3,(H,37,40)(H,38,41)(H,39,42)(H,43,44)(H4,33,34,35). The molecular weight excluding hydrogens is 564 g/mol. The number of fused-ring (bicyclic) bond motifs is 1. The number of nitrogens with one attached hydrogen (secondary N) is 4. The van der Waals surface area contributed by atoms with Crippen molar-refractivity contribution in [2.24, 2.45) is 28.1 Å². The summed E-state index contributed by atoms with van der Waals surface area (Å²) in [7, 11) is 0. The van der Waals surface area contributed by atoms with Crippen molar-refractivity contribution in [3.63, 3.8) is 0 Å². The molecule has 0 fully saturated rings. The number of aromatic amines is 1. The lowest BCUT2D eigenvalue weighted by Gasteiger charge is -2.26. The predicted molar refractivity (Wildman–Crippen MR) is 168 cm³/mol. The number of aromatic nitrogens is 1. The normalized spacial score (nSPS) is 13.8. The van der Waals surface area contributed by atoms with Gasteiger partial charge in [-0.25, -0.2) is 4.79 Å². The number of carbonyl (C=O) groups is 4. The van der Waals surface area contributed by atoms with Crippen LogP contribution in [-0.4, -0.2) is 70.5 Å². The van der Waals surface area contributed by atoms with E-state index in [0.717, 1.165) is 22.0 Å². The zero-order valence-electron chi connectivity index (χ0n) is 25.0. The Morgan fingerprint density at radius 2 is 1.50 bits per heavy atom. The molecular formula is C31H42N8O5. The topological polar surface area (TPSA) is 231 Å². The van der Waals surface area contributed by atoms with E-state index in [9.17, 15) is 24.3 Å². The molecule has 4 atom stereocenters. The van der Waals surface area contributed by atoms with Gasteiger partial charge in [0.2, 0.25) is 17.7 Å². The second-order valence-corrected chi connectivity index (χ2v) is 11.0. The Labute approximate surface area is 256 Å². The number of benzene rings is 2. The summed E-state index contributed by atoms with van der Waals surface area (Å²) in [4.78, 5) is 59.2. The third-order valence-corrected chi connectivity index (χ3v) is 7.18. The highest BCUT2D eigenvalue weighted by atomic mass is 16.4. The van der Waals surface area contributed by atoms with E-state index in [1.54, 1.807) is 20.0 Å². The summed E-state index contributed by atoms with van der Waals surface area (Å²) >= 11 is 0. The fourth-order valence-corrected chi connectivity index (χ4v) is 4.78. The second kappa shape index (κ2) is 16.1. The molecule has 3 rings (SSSR count). The van der Waals surface area contributed by atoms with Gasteiger partial charge >= 0.3 is 5.97 Å². The van der Waals surface area contributed by atoms with Gasteiger partial charge in [-0.2, -0.15) is 0 Å². The Balaban J connectivity index is 1.84. The molecule has 0 saturated heterocycles. The van der Waals surface area contributed by atoms with E-state index in [4.69, 9.17) is 17.2 Å². The fraction of sp³-hybridized carbons (Fsp3) is 0.387. The van der Waals surface area contributed by atoms with Crippen molar-refractivity contribution in [1.29, 1.82) is 0 Å². The largest absolute Gasteiger partial charge is 0.480 e. The molecule has 0 saturated carbocycles. The van der Waals surface area contributed by atoms with Gasteiger partial charge in [0.15, 0.2) is 5.96 Å². The quantitative estimate of drug-likeness (QED) is 0.0649. The molecule has 3 aromatic rings. The van der Waals surface area contributed by atoms with E-state index in [1.807, 2.05) is 54.6 Å². The number of carboxylic acid groups (broad SMARTS) is 1. The van der Waals surface area contributed by atoms with Gasteiger partial charge < -0.3 is 43.2 Å². The third kappa shape index (κ3) is 9.83. The molecule has 4 unspecified atom stereocenters. The maximum absolute atomic E-state index is 13.7. The molecule has 3 amide bonds. The summed E-state index contributed by atoms with van der Waals surface area (Å²) in [5.74, 6) is -3.55. The minimum Gasteiger partial charge on any atom is -0.480 e. The van der Waals surface area contributed by atoms with Crippen molar-refractivity contribution in [2.75, 3.05) is 6.54 Å². The van der Waals surface area contributed by atoms with E-state index in [-0.39, 0.29) is 31.8 Å². The molecule has 13 heteroatoms. The van der Waals surface area contributed by atoms with Crippen LogP contribution in [0.3, 0.4) is 0 Å². The van der Waals surface area contributed by atoms with Crippen LogP contribution in [0.4, 0.5) is 0 Å². The zero-order valence-corrected chi connectivity index (χ0v) is 25.0. The van der Waals surface area contributed by atoms with E-state index in [0.29, 0.717) is 6.42 Å². The summed E-state index contributed by atoms with van der Waals surface area (Å²) in [5.41, 5.74) is 19.5. The Hall–Kier alpha value is -4.91. The van der Waals surface area contributed by atoms with Gasteiger partial charge in [-0.1, -0.05) is 62.4 Å². The van der Waals surface area contributed by atoms with Crippen LogP contribution in [0, 0.1) is 5.92 Å². The molecule has 0 bridgehead atoms. The number of guanidine groups is 1. The van der Waals surface area contributed by atoms with Gasteiger partial charge in [0, 0.05) is 30.1 Å². The molecule has 0 spiro atoms. The lowest BCUT2D eigenvalue weighted by atomic mass is 10.0. The molecule has 236 valence electrons. The van der Waals surface area contributed by atoms with Crippen LogP contribution in [0.1, 0.15) is 37.8 Å². The minimum absolute atomic E-state index is 0.0637. The number of nitrogens with two attached hydrogens (primary N) is 3. The monoisotopic (exact) mass is 606 g/mol. The number of carbonyl (C=O) groups excluding carboxylic acids is 3. The maximum Gasteiger partial charge on any atom is 0.326 e. The average molecular weight is 607 g/mol. The maximum atomic E-state index is 13.7. The first kappa shape index (κ1) is 33.6. The smallest absolute Gasteiger partial charge is 0.326 e. The number of carboxylic acids is 1. The van der Waals surface area contributed by atoms with Crippen molar-refractivity contribution in [2.45, 2.75) is 63.7 Å². The summed E-state index contributed by atoms with van der Waals surface area (Å²) in [6.07, 6.45) is 2.56. The number of rotatable bonds is 16. The van der Waals surface area contributed by atoms with Crippen LogP contribution < -0.4 is 33.2 Å². The summed E-state index contributed by atoms with van der Waals surface area (Å²) in [5, 5.41) is 18.5. The molecule has 1 heterocycles. The van der Waals surface area contributed by atoms with E-state index in [2.05, 4.69) is 25.9 Å². The summed E-state index contributed by atoms with van der Waals surface area (Å²) in [6, 6.07) is 12.4. The molecule has 0 aliphatic carbocycles. The molecule has 11 N–H and O–H groups in total. The Kier molecular flexibility index (Phi) is 12.3. The van der Waals surface area contributed by atoms with Gasteiger partial charge in [0.1, 0.15) is 18.1 Å². The Morgan fingerprint density at radius 1 is 0.864 bits per heavy atom. The number of hydrogen-bond acceptors (Lipinski definition) is 6. The first-order chi connectivity index (χ1) is 21.0. The van der Waals surface area contributed by atoms with Crippen molar-refractivity contribution in [3.8, 4) is 0 Å². The predicted octanol–water partition coefficient (Wildman–Crippen LogP) is 0.529. The molecule has 13 nitrogen and oxygen atoms in total. The summed E-state index contributed by atoms with van der Waals surface area (Å²) < 4.78 is 0. The first-order valence-electron chi connectivity index (χ1n) is 14.5. The molecule has 0 aliphatic rings. The molecule has 0 radical (unpaired) electrons. The van der Waals surface area contributed by atoms with Crippen LogP contribution in [0.5, 0.6) is 0 Å². The minimum atomic E-state index is -1.19. The number of aliphatic carboxylic acids is 1. The summed E-state index contributed by atoms with van der Waals surface area (Å²) in [6.45, 7) is 3.56. The molecule has 44 heavy (non-hydrogen) atoms. The number of hydrogen-bond donors (Lipinski definition) is 8. The van der Waals surface area contributed by atoms with Crippen LogP contribution in [0.2, 0.25) is 0 Å². The van der Waals surface area contributed by atoms with E-state index >= 15 is 0 Å². The number of para-hydroxylation sites is 1. The van der Waals surface area contributed by atoms with Crippen molar-refractivity contribution < 1.29 is 24.3 Å². The number of nitrogens with zero attached hydrogens (tertiary/aromatic N) is 1. The van der Waals surface area contributed by atoms with Crippen LogP contribution in [0.15, 0.2) is 65.8 Å². The molecule has 2 aromatic carbocycles. The highest BCUT2D eigenvalue weighted by Crippen LogP contribution is 2.19. The lowest BCUT2D eigenvalue weighted by molar-refractivity contribution is -0.143. The van der Waals surface area contributed by atoms with Gasteiger partial charge in [0.05, 0.1) is 6.04 Å². The van der Waals surface area contributed by atoms with Crippen LogP contribution in [-0.2, 0) is 32.0 Å². The SMILES string of the molecule is CC(C)C(NC(=O)C(Cc1c[nH]c2ccccc12)NC(=O)C(CCCN=C(N)N)NC(=O)C(N)Cc1ccccc1)C(=O)O. The number of amides is 3. The van der Waals surface area contributed by atoms with Crippen molar-refractivity contribution in [3.05, 3.63) is 71.9 Å². The first-order valence-corrected chi connectivity index (χ1v) is 14.5.